The van der Waals surface area contributed by atoms with Gasteiger partial charge in [-0.2, -0.15) is 5.26 Å². The van der Waals surface area contributed by atoms with Crippen molar-refractivity contribution in [2.24, 2.45) is 0 Å². The predicted octanol–water partition coefficient (Wildman–Crippen LogP) is 2.78. The van der Waals surface area contributed by atoms with E-state index in [1.807, 2.05) is 6.07 Å². The summed E-state index contributed by atoms with van der Waals surface area (Å²) >= 11 is 0. The molecule has 0 aliphatic heterocycles. The molecule has 1 N–H and O–H groups in total. The van der Waals surface area contributed by atoms with E-state index in [4.69, 9.17) is 10.00 Å². The van der Waals surface area contributed by atoms with Gasteiger partial charge in [0.05, 0.1) is 11.6 Å². The van der Waals surface area contributed by atoms with Gasteiger partial charge in [-0.15, -0.1) is 0 Å². The molecule has 20 heavy (non-hydrogen) atoms. The summed E-state index contributed by atoms with van der Waals surface area (Å²) < 4.78 is 5.43. The minimum Gasteiger partial charge on any atom is -0.484 e. The van der Waals surface area contributed by atoms with E-state index in [0.717, 1.165) is 12.8 Å². The molecule has 1 fully saturated rings. The molecular weight excluding hydrogens is 252 g/mol. The Morgan fingerprint density at radius 3 is 2.55 bits per heavy atom. The van der Waals surface area contributed by atoms with E-state index in [0.29, 0.717) is 11.3 Å². The van der Waals surface area contributed by atoms with Crippen molar-refractivity contribution >= 4 is 5.91 Å². The van der Waals surface area contributed by atoms with Crippen molar-refractivity contribution in [3.05, 3.63) is 29.8 Å². The smallest absolute Gasteiger partial charge is 0.258 e. The first-order valence-corrected chi connectivity index (χ1v) is 7.05. The van der Waals surface area contributed by atoms with E-state index in [1.54, 1.807) is 24.3 Å². The zero-order chi connectivity index (χ0) is 14.4. The van der Waals surface area contributed by atoms with Gasteiger partial charge in [0.1, 0.15) is 5.75 Å². The van der Waals surface area contributed by atoms with Crippen LogP contribution in [0.15, 0.2) is 24.3 Å². The quantitative estimate of drug-likeness (QED) is 0.916. The first-order chi connectivity index (χ1) is 9.61. The molecule has 0 saturated heterocycles. The maximum Gasteiger partial charge on any atom is 0.258 e. The fourth-order valence-electron chi connectivity index (χ4n) is 2.60. The largest absolute Gasteiger partial charge is 0.484 e. The molecule has 4 nitrogen and oxygen atoms in total. The predicted molar refractivity (Wildman–Crippen MR) is 76.3 cm³/mol. The van der Waals surface area contributed by atoms with Crippen LogP contribution in [0.4, 0.5) is 0 Å². The maximum absolute atomic E-state index is 11.9. The lowest BCUT2D eigenvalue weighted by Gasteiger charge is -2.34. The first-order valence-electron chi connectivity index (χ1n) is 7.05. The second-order valence-corrected chi connectivity index (χ2v) is 5.59. The number of carbonyl (C=O) groups excluding carboxylic acids is 1. The van der Waals surface area contributed by atoms with Crippen LogP contribution in [-0.2, 0) is 4.79 Å². The Balaban J connectivity index is 1.81. The van der Waals surface area contributed by atoms with Gasteiger partial charge < -0.3 is 10.1 Å². The number of nitriles is 1. The number of hydrogen-bond donors (Lipinski definition) is 1. The SMILES string of the molecule is CC1(NC(=O)COc2ccc(C#N)cc2)CCCCC1. The Bertz CT molecular complexity index is 496. The highest BCUT2D eigenvalue weighted by atomic mass is 16.5. The Morgan fingerprint density at radius 2 is 1.95 bits per heavy atom. The van der Waals surface area contributed by atoms with Gasteiger partial charge in [-0.1, -0.05) is 19.3 Å². The van der Waals surface area contributed by atoms with Crippen molar-refractivity contribution in [2.45, 2.75) is 44.6 Å². The fraction of sp³-hybridized carbons (Fsp3) is 0.500. The molecule has 0 radical (unpaired) electrons. The molecule has 0 bridgehead atoms. The molecule has 0 atom stereocenters. The van der Waals surface area contributed by atoms with Crippen molar-refractivity contribution in [3.8, 4) is 11.8 Å². The number of rotatable bonds is 4. The lowest BCUT2D eigenvalue weighted by Crippen LogP contribution is -2.48. The van der Waals surface area contributed by atoms with Crippen LogP contribution in [0.25, 0.3) is 0 Å². The van der Waals surface area contributed by atoms with Crippen LogP contribution in [0.5, 0.6) is 5.75 Å². The third-order valence-corrected chi connectivity index (χ3v) is 3.75. The highest BCUT2D eigenvalue weighted by molar-refractivity contribution is 5.78. The summed E-state index contributed by atoms with van der Waals surface area (Å²) in [6.45, 7) is 2.12. The molecule has 0 heterocycles. The Hall–Kier alpha value is -2.02. The summed E-state index contributed by atoms with van der Waals surface area (Å²) in [6, 6.07) is 8.80. The fourth-order valence-corrected chi connectivity index (χ4v) is 2.60. The molecule has 1 saturated carbocycles. The van der Waals surface area contributed by atoms with Crippen molar-refractivity contribution in [1.29, 1.82) is 5.26 Å². The molecule has 4 heteroatoms. The molecule has 1 aromatic rings. The molecule has 1 aliphatic carbocycles. The molecule has 2 rings (SSSR count). The van der Waals surface area contributed by atoms with Gasteiger partial charge in [-0.05, 0) is 44.0 Å². The van der Waals surface area contributed by atoms with Crippen molar-refractivity contribution < 1.29 is 9.53 Å². The summed E-state index contributed by atoms with van der Waals surface area (Å²) in [5.41, 5.74) is 0.500. The molecule has 1 aromatic carbocycles. The number of amides is 1. The van der Waals surface area contributed by atoms with Crippen molar-refractivity contribution in [1.82, 2.24) is 5.32 Å². The molecular formula is C16H20N2O2. The normalized spacial score (nSPS) is 17.0. The number of carbonyl (C=O) groups is 1. The number of nitrogens with zero attached hydrogens (tertiary/aromatic N) is 1. The van der Waals surface area contributed by atoms with Crippen LogP contribution in [0.2, 0.25) is 0 Å². The lowest BCUT2D eigenvalue weighted by molar-refractivity contribution is -0.125. The van der Waals surface area contributed by atoms with Gasteiger partial charge in [-0.3, -0.25) is 4.79 Å². The lowest BCUT2D eigenvalue weighted by atomic mass is 9.83. The van der Waals surface area contributed by atoms with E-state index in [2.05, 4.69) is 12.2 Å². The van der Waals surface area contributed by atoms with Gasteiger partial charge >= 0.3 is 0 Å². The van der Waals surface area contributed by atoms with Crippen LogP contribution < -0.4 is 10.1 Å². The van der Waals surface area contributed by atoms with Gasteiger partial charge in [-0.25, -0.2) is 0 Å². The average molecular weight is 272 g/mol. The molecule has 1 amide bonds. The van der Waals surface area contributed by atoms with Crippen LogP contribution in [0, 0.1) is 11.3 Å². The second kappa shape index (κ2) is 6.42. The Morgan fingerprint density at radius 1 is 1.30 bits per heavy atom. The average Bonchev–Trinajstić information content (AvgIpc) is 2.46. The molecule has 0 aromatic heterocycles. The number of ether oxygens (including phenoxy) is 1. The number of hydrogen-bond acceptors (Lipinski definition) is 3. The van der Waals surface area contributed by atoms with E-state index < -0.39 is 0 Å². The highest BCUT2D eigenvalue weighted by Gasteiger charge is 2.28. The van der Waals surface area contributed by atoms with Gasteiger partial charge in [0.15, 0.2) is 6.61 Å². The van der Waals surface area contributed by atoms with E-state index in [9.17, 15) is 4.79 Å². The summed E-state index contributed by atoms with van der Waals surface area (Å²) in [5, 5.41) is 11.8. The minimum atomic E-state index is -0.0845. The van der Waals surface area contributed by atoms with Gasteiger partial charge in [0, 0.05) is 5.54 Å². The molecule has 0 spiro atoms. The zero-order valence-electron chi connectivity index (χ0n) is 11.8. The van der Waals surface area contributed by atoms with Crippen LogP contribution in [0.3, 0.4) is 0 Å². The highest BCUT2D eigenvalue weighted by Crippen LogP contribution is 2.27. The molecule has 106 valence electrons. The van der Waals surface area contributed by atoms with Crippen LogP contribution in [-0.4, -0.2) is 18.1 Å². The topological polar surface area (TPSA) is 62.1 Å². The third kappa shape index (κ3) is 3.99. The Labute approximate surface area is 119 Å². The van der Waals surface area contributed by atoms with Crippen LogP contribution >= 0.6 is 0 Å². The standard InChI is InChI=1S/C16H20N2O2/c1-16(9-3-2-4-10-16)18-15(19)12-20-14-7-5-13(11-17)6-8-14/h5-8H,2-4,9-10,12H2,1H3,(H,18,19). The minimum absolute atomic E-state index is 0.0154. The second-order valence-electron chi connectivity index (χ2n) is 5.59. The number of benzene rings is 1. The van der Waals surface area contributed by atoms with Crippen molar-refractivity contribution in [2.75, 3.05) is 6.61 Å². The first kappa shape index (κ1) is 14.4. The maximum atomic E-state index is 11.9. The molecule has 0 unspecified atom stereocenters. The van der Waals surface area contributed by atoms with Crippen LogP contribution in [0.1, 0.15) is 44.6 Å². The van der Waals surface area contributed by atoms with Crippen molar-refractivity contribution in [3.63, 3.8) is 0 Å². The zero-order valence-corrected chi connectivity index (χ0v) is 11.8. The monoisotopic (exact) mass is 272 g/mol. The summed E-state index contributed by atoms with van der Waals surface area (Å²) in [5.74, 6) is 0.520. The van der Waals surface area contributed by atoms with E-state index >= 15 is 0 Å². The Kier molecular flexibility index (Phi) is 4.62. The molecule has 1 aliphatic rings. The van der Waals surface area contributed by atoms with E-state index in [1.165, 1.54) is 19.3 Å². The summed E-state index contributed by atoms with van der Waals surface area (Å²) in [6.07, 6.45) is 5.68. The van der Waals surface area contributed by atoms with Gasteiger partial charge in [0.2, 0.25) is 0 Å². The summed E-state index contributed by atoms with van der Waals surface area (Å²) in [7, 11) is 0. The number of nitrogens with one attached hydrogen (secondary N) is 1. The van der Waals surface area contributed by atoms with E-state index in [-0.39, 0.29) is 18.1 Å². The summed E-state index contributed by atoms with van der Waals surface area (Å²) in [4.78, 5) is 11.9. The third-order valence-electron chi connectivity index (χ3n) is 3.75. The van der Waals surface area contributed by atoms with Gasteiger partial charge in [0.25, 0.3) is 5.91 Å².